The summed E-state index contributed by atoms with van der Waals surface area (Å²) in [6, 6.07) is 0. The number of nitrogens with zero attached hydrogens (tertiary/aromatic N) is 1. The zero-order valence-corrected chi connectivity index (χ0v) is 9.34. The van der Waals surface area contributed by atoms with Gasteiger partial charge in [0, 0.05) is 6.54 Å². The van der Waals surface area contributed by atoms with Crippen LogP contribution in [0.2, 0.25) is 0 Å². The average Bonchev–Trinajstić information content (AvgIpc) is 2.85. The summed E-state index contributed by atoms with van der Waals surface area (Å²) in [6.07, 6.45) is 3.39. The van der Waals surface area contributed by atoms with E-state index in [0.717, 1.165) is 25.8 Å². The third-order valence-corrected chi connectivity index (χ3v) is 3.28. The van der Waals surface area contributed by atoms with Gasteiger partial charge >= 0.3 is 0 Å². The van der Waals surface area contributed by atoms with Crippen LogP contribution in [0.25, 0.3) is 0 Å². The number of nitrogens with one attached hydrogen (secondary N) is 1. The van der Waals surface area contributed by atoms with Crippen LogP contribution in [-0.2, 0) is 4.79 Å². The molecule has 1 aliphatic heterocycles. The van der Waals surface area contributed by atoms with Gasteiger partial charge in [0.05, 0.1) is 11.7 Å². The van der Waals surface area contributed by atoms with Crippen LogP contribution in [0.4, 0.5) is 0 Å². The van der Waals surface area contributed by atoms with Crippen molar-refractivity contribution in [3.8, 4) is 0 Å². The molecule has 1 atom stereocenters. The van der Waals surface area contributed by atoms with Gasteiger partial charge in [-0.2, -0.15) is 0 Å². The summed E-state index contributed by atoms with van der Waals surface area (Å²) in [7, 11) is 0. The van der Waals surface area contributed by atoms with E-state index in [4.69, 9.17) is 0 Å². The highest BCUT2D eigenvalue weighted by Gasteiger charge is 2.59. The summed E-state index contributed by atoms with van der Waals surface area (Å²) in [5.74, 6) is 0.850. The summed E-state index contributed by atoms with van der Waals surface area (Å²) < 4.78 is 0. The van der Waals surface area contributed by atoms with Crippen LogP contribution in [-0.4, -0.2) is 29.1 Å². The molecule has 2 aliphatic rings. The molecule has 0 bridgehead atoms. The number of rotatable bonds is 3. The van der Waals surface area contributed by atoms with Crippen molar-refractivity contribution in [1.82, 2.24) is 10.2 Å². The Hall–Kier alpha value is -0.570. The Morgan fingerprint density at radius 3 is 2.64 bits per heavy atom. The third-order valence-electron chi connectivity index (χ3n) is 3.28. The Balaban J connectivity index is 2.13. The van der Waals surface area contributed by atoms with Gasteiger partial charge in [-0.15, -0.1) is 0 Å². The van der Waals surface area contributed by atoms with Crippen LogP contribution in [0.5, 0.6) is 0 Å². The molecular weight excluding hydrogens is 176 g/mol. The Bertz CT molecular complexity index is 246. The lowest BCUT2D eigenvalue weighted by molar-refractivity contribution is -0.131. The maximum absolute atomic E-state index is 12.1. The smallest absolute Gasteiger partial charge is 0.244 e. The van der Waals surface area contributed by atoms with E-state index < -0.39 is 0 Å². The largest absolute Gasteiger partial charge is 0.325 e. The van der Waals surface area contributed by atoms with Crippen molar-refractivity contribution in [3.05, 3.63) is 0 Å². The molecule has 1 unspecified atom stereocenters. The van der Waals surface area contributed by atoms with Gasteiger partial charge in [0.15, 0.2) is 0 Å². The van der Waals surface area contributed by atoms with Crippen LogP contribution in [0.1, 0.15) is 40.0 Å². The molecular formula is C11H20N2O. The fourth-order valence-electron chi connectivity index (χ4n) is 2.32. The Morgan fingerprint density at radius 2 is 2.21 bits per heavy atom. The van der Waals surface area contributed by atoms with Crippen molar-refractivity contribution in [2.75, 3.05) is 6.54 Å². The fraction of sp³-hybridized carbons (Fsp3) is 0.909. The lowest BCUT2D eigenvalue weighted by Crippen LogP contribution is -2.41. The lowest BCUT2D eigenvalue weighted by Gasteiger charge is -2.26. The monoisotopic (exact) mass is 196 g/mol. The molecule has 0 aromatic carbocycles. The Kier molecular flexibility index (Phi) is 2.30. The molecule has 3 nitrogen and oxygen atoms in total. The first kappa shape index (κ1) is 9.97. The SMILES string of the molecule is CCCN1C(=O)C2(CC2)NC1C(C)C. The van der Waals surface area contributed by atoms with E-state index in [1.54, 1.807) is 0 Å². The molecule has 3 heteroatoms. The first-order valence-corrected chi connectivity index (χ1v) is 5.69. The van der Waals surface area contributed by atoms with Gasteiger partial charge in [-0.25, -0.2) is 0 Å². The van der Waals surface area contributed by atoms with Gasteiger partial charge in [0.2, 0.25) is 5.91 Å². The van der Waals surface area contributed by atoms with Crippen LogP contribution >= 0.6 is 0 Å². The molecule has 14 heavy (non-hydrogen) atoms. The first-order chi connectivity index (χ1) is 6.60. The van der Waals surface area contributed by atoms with Crippen LogP contribution in [0.15, 0.2) is 0 Å². The summed E-state index contributed by atoms with van der Waals surface area (Å²) >= 11 is 0. The van der Waals surface area contributed by atoms with E-state index in [1.807, 2.05) is 4.90 Å². The molecule has 1 heterocycles. The molecule has 1 N–H and O–H groups in total. The zero-order chi connectivity index (χ0) is 10.3. The molecule has 80 valence electrons. The fourth-order valence-corrected chi connectivity index (χ4v) is 2.32. The van der Waals surface area contributed by atoms with Crippen molar-refractivity contribution in [3.63, 3.8) is 0 Å². The van der Waals surface area contributed by atoms with E-state index in [0.29, 0.717) is 11.8 Å². The summed E-state index contributed by atoms with van der Waals surface area (Å²) in [5.41, 5.74) is -0.135. The van der Waals surface area contributed by atoms with Crippen LogP contribution in [0, 0.1) is 5.92 Å². The molecule has 2 fully saturated rings. The number of carbonyl (C=O) groups excluding carboxylic acids is 1. The first-order valence-electron chi connectivity index (χ1n) is 5.69. The second-order valence-corrected chi connectivity index (χ2v) is 4.91. The number of hydrogen-bond acceptors (Lipinski definition) is 2. The molecule has 0 radical (unpaired) electrons. The number of hydrogen-bond donors (Lipinski definition) is 1. The van der Waals surface area contributed by atoms with Crippen molar-refractivity contribution in [2.24, 2.45) is 5.92 Å². The molecule has 1 spiro atoms. The molecule has 2 rings (SSSR count). The molecule has 1 aliphatic carbocycles. The highest BCUT2D eigenvalue weighted by molar-refractivity contribution is 5.91. The van der Waals surface area contributed by atoms with Gasteiger partial charge in [-0.3, -0.25) is 10.1 Å². The lowest BCUT2D eigenvalue weighted by atomic mass is 10.1. The maximum Gasteiger partial charge on any atom is 0.244 e. The minimum atomic E-state index is -0.135. The molecule has 1 saturated heterocycles. The molecule has 1 amide bonds. The van der Waals surface area contributed by atoms with Crippen molar-refractivity contribution >= 4 is 5.91 Å². The Morgan fingerprint density at radius 1 is 1.57 bits per heavy atom. The van der Waals surface area contributed by atoms with E-state index in [2.05, 4.69) is 26.1 Å². The van der Waals surface area contributed by atoms with Crippen molar-refractivity contribution < 1.29 is 4.79 Å². The van der Waals surface area contributed by atoms with E-state index >= 15 is 0 Å². The molecule has 0 aromatic rings. The minimum Gasteiger partial charge on any atom is -0.325 e. The van der Waals surface area contributed by atoms with Crippen LogP contribution < -0.4 is 5.32 Å². The second kappa shape index (κ2) is 3.23. The normalized spacial score (nSPS) is 29.3. The van der Waals surface area contributed by atoms with E-state index in [-0.39, 0.29) is 11.7 Å². The van der Waals surface area contributed by atoms with Crippen molar-refractivity contribution in [1.29, 1.82) is 0 Å². The zero-order valence-electron chi connectivity index (χ0n) is 9.34. The van der Waals surface area contributed by atoms with Gasteiger partial charge < -0.3 is 4.90 Å². The predicted molar refractivity (Wildman–Crippen MR) is 55.7 cm³/mol. The molecule has 1 saturated carbocycles. The van der Waals surface area contributed by atoms with Gasteiger partial charge in [-0.05, 0) is 25.2 Å². The van der Waals surface area contributed by atoms with E-state index in [1.165, 1.54) is 0 Å². The van der Waals surface area contributed by atoms with Gasteiger partial charge in [0.25, 0.3) is 0 Å². The summed E-state index contributed by atoms with van der Waals surface area (Å²) in [6.45, 7) is 7.38. The highest BCUT2D eigenvalue weighted by atomic mass is 16.2. The van der Waals surface area contributed by atoms with Gasteiger partial charge in [-0.1, -0.05) is 20.8 Å². The molecule has 0 aromatic heterocycles. The van der Waals surface area contributed by atoms with E-state index in [9.17, 15) is 4.79 Å². The van der Waals surface area contributed by atoms with Crippen molar-refractivity contribution in [2.45, 2.75) is 51.7 Å². The summed E-state index contributed by atoms with van der Waals surface area (Å²) in [4.78, 5) is 14.1. The predicted octanol–water partition coefficient (Wildman–Crippen LogP) is 1.34. The summed E-state index contributed by atoms with van der Waals surface area (Å²) in [5, 5.41) is 3.50. The third kappa shape index (κ3) is 1.34. The average molecular weight is 196 g/mol. The minimum absolute atomic E-state index is 0.135. The maximum atomic E-state index is 12.1. The highest BCUT2D eigenvalue weighted by Crippen LogP contribution is 2.43. The number of amides is 1. The second-order valence-electron chi connectivity index (χ2n) is 4.91. The topological polar surface area (TPSA) is 32.3 Å². The number of carbonyl (C=O) groups is 1. The standard InChI is InChI=1S/C11H20N2O/c1-4-7-13-9(8(2)3)12-11(5-6-11)10(13)14/h8-9,12H,4-7H2,1-3H3. The van der Waals surface area contributed by atoms with Gasteiger partial charge in [0.1, 0.15) is 0 Å². The Labute approximate surface area is 85.8 Å². The quantitative estimate of drug-likeness (QED) is 0.739. The van der Waals surface area contributed by atoms with Crippen LogP contribution in [0.3, 0.4) is 0 Å².